The predicted molar refractivity (Wildman–Crippen MR) is 117 cm³/mol. The first-order chi connectivity index (χ1) is 14.9. The van der Waals surface area contributed by atoms with Gasteiger partial charge in [0.15, 0.2) is 11.5 Å². The van der Waals surface area contributed by atoms with E-state index in [-0.39, 0.29) is 23.1 Å². The molecule has 0 radical (unpaired) electrons. The van der Waals surface area contributed by atoms with E-state index >= 15 is 0 Å². The number of ether oxygens (including phenoxy) is 2. The van der Waals surface area contributed by atoms with Crippen LogP contribution in [0.4, 0.5) is 5.69 Å². The molecule has 160 valence electrons. The summed E-state index contributed by atoms with van der Waals surface area (Å²) in [6.07, 6.45) is -0.339. The molecule has 1 amide bonds. The SMILES string of the molecule is Cc1cccc(NS(=O)(=O)c2cccc(C(=O)NC[C@H]3COc4ccccc4O3)c2)c1. The lowest BCUT2D eigenvalue weighted by Crippen LogP contribution is -2.40. The van der Waals surface area contributed by atoms with Crippen molar-refractivity contribution < 1.29 is 22.7 Å². The summed E-state index contributed by atoms with van der Waals surface area (Å²) in [7, 11) is -3.83. The van der Waals surface area contributed by atoms with Gasteiger partial charge in [0.2, 0.25) is 0 Å². The Kier molecular flexibility index (Phi) is 5.81. The Morgan fingerprint density at radius 2 is 1.77 bits per heavy atom. The van der Waals surface area contributed by atoms with Gasteiger partial charge >= 0.3 is 0 Å². The highest BCUT2D eigenvalue weighted by Gasteiger charge is 2.22. The molecule has 1 atom stereocenters. The smallest absolute Gasteiger partial charge is 0.261 e. The second-order valence-electron chi connectivity index (χ2n) is 7.21. The van der Waals surface area contributed by atoms with Crippen molar-refractivity contribution in [3.05, 3.63) is 83.9 Å². The summed E-state index contributed by atoms with van der Waals surface area (Å²) in [6.45, 7) is 2.42. The first-order valence-electron chi connectivity index (χ1n) is 9.77. The molecule has 1 aliphatic heterocycles. The van der Waals surface area contributed by atoms with E-state index in [1.54, 1.807) is 30.3 Å². The molecule has 3 aromatic carbocycles. The van der Waals surface area contributed by atoms with Crippen LogP contribution in [0.15, 0.2) is 77.7 Å². The molecule has 31 heavy (non-hydrogen) atoms. The Hall–Kier alpha value is -3.52. The standard InChI is InChI=1S/C23H22N2O5S/c1-16-6-4-8-18(12-16)25-31(27,28)20-9-5-7-17(13-20)23(26)24-14-19-15-29-21-10-2-3-11-22(21)30-19/h2-13,19,25H,14-15H2,1H3,(H,24,26)/t19-/m0/s1. The van der Waals surface area contributed by atoms with Gasteiger partial charge in [-0.3, -0.25) is 9.52 Å². The maximum atomic E-state index is 12.7. The molecule has 4 rings (SSSR count). The Labute approximate surface area is 181 Å². The van der Waals surface area contributed by atoms with Gasteiger partial charge in [0.1, 0.15) is 12.7 Å². The van der Waals surface area contributed by atoms with E-state index in [9.17, 15) is 13.2 Å². The lowest BCUT2D eigenvalue weighted by atomic mass is 10.2. The van der Waals surface area contributed by atoms with Crippen molar-refractivity contribution in [2.75, 3.05) is 17.9 Å². The lowest BCUT2D eigenvalue weighted by Gasteiger charge is -2.26. The molecule has 0 bridgehead atoms. The van der Waals surface area contributed by atoms with E-state index < -0.39 is 15.9 Å². The molecule has 0 spiro atoms. The van der Waals surface area contributed by atoms with Crippen molar-refractivity contribution >= 4 is 21.6 Å². The van der Waals surface area contributed by atoms with Crippen LogP contribution in [-0.2, 0) is 10.0 Å². The number of nitrogens with one attached hydrogen (secondary N) is 2. The third-order valence-electron chi connectivity index (χ3n) is 4.73. The minimum atomic E-state index is -3.83. The summed E-state index contributed by atoms with van der Waals surface area (Å²) >= 11 is 0. The van der Waals surface area contributed by atoms with Crippen LogP contribution < -0.4 is 19.5 Å². The average Bonchev–Trinajstić information content (AvgIpc) is 2.77. The third-order valence-corrected chi connectivity index (χ3v) is 6.11. The summed E-state index contributed by atoms with van der Waals surface area (Å²) in [4.78, 5) is 12.6. The number of carbonyl (C=O) groups is 1. The first kappa shape index (κ1) is 20.7. The quantitative estimate of drug-likeness (QED) is 0.616. The molecule has 0 unspecified atom stereocenters. The molecule has 3 aromatic rings. The fraction of sp³-hybridized carbons (Fsp3) is 0.174. The van der Waals surface area contributed by atoms with Gasteiger partial charge in [-0.05, 0) is 55.0 Å². The summed E-state index contributed by atoms with van der Waals surface area (Å²) in [6, 6.07) is 20.3. The maximum absolute atomic E-state index is 12.7. The average molecular weight is 439 g/mol. The van der Waals surface area contributed by atoms with E-state index in [0.717, 1.165) is 5.56 Å². The topological polar surface area (TPSA) is 93.7 Å². The predicted octanol–water partition coefficient (Wildman–Crippen LogP) is 3.37. The number of carbonyl (C=O) groups excluding carboxylic acids is 1. The number of anilines is 1. The van der Waals surface area contributed by atoms with Crippen LogP contribution in [0.3, 0.4) is 0 Å². The number of hydrogen-bond acceptors (Lipinski definition) is 5. The Balaban J connectivity index is 1.41. The van der Waals surface area contributed by atoms with Gasteiger partial charge in [0, 0.05) is 11.3 Å². The minimum absolute atomic E-state index is 0.00725. The van der Waals surface area contributed by atoms with E-state index in [2.05, 4.69) is 10.0 Å². The zero-order valence-corrected chi connectivity index (χ0v) is 17.7. The number of sulfonamides is 1. The fourth-order valence-corrected chi connectivity index (χ4v) is 4.29. The number of aryl methyl sites for hydroxylation is 1. The summed E-state index contributed by atoms with van der Waals surface area (Å²) < 4.78 is 39.5. The van der Waals surface area contributed by atoms with Crippen molar-refractivity contribution in [1.29, 1.82) is 0 Å². The van der Waals surface area contributed by atoms with Gasteiger partial charge in [0.05, 0.1) is 11.4 Å². The molecule has 1 aliphatic rings. The molecule has 7 nitrogen and oxygen atoms in total. The monoisotopic (exact) mass is 438 g/mol. The number of benzene rings is 3. The Morgan fingerprint density at radius 3 is 2.58 bits per heavy atom. The second-order valence-corrected chi connectivity index (χ2v) is 8.89. The fourth-order valence-electron chi connectivity index (χ4n) is 3.20. The Morgan fingerprint density at radius 1 is 1.00 bits per heavy atom. The van der Waals surface area contributed by atoms with Crippen LogP contribution >= 0.6 is 0 Å². The van der Waals surface area contributed by atoms with Crippen molar-refractivity contribution in [2.24, 2.45) is 0 Å². The van der Waals surface area contributed by atoms with Gasteiger partial charge in [-0.25, -0.2) is 8.42 Å². The van der Waals surface area contributed by atoms with Gasteiger partial charge in [0.25, 0.3) is 15.9 Å². The van der Waals surface area contributed by atoms with E-state index in [4.69, 9.17) is 9.47 Å². The highest BCUT2D eigenvalue weighted by molar-refractivity contribution is 7.92. The van der Waals surface area contributed by atoms with Crippen LogP contribution in [0, 0.1) is 6.92 Å². The van der Waals surface area contributed by atoms with Crippen molar-refractivity contribution in [3.8, 4) is 11.5 Å². The molecule has 0 saturated carbocycles. The van der Waals surface area contributed by atoms with Gasteiger partial charge in [-0.1, -0.05) is 30.3 Å². The molecule has 0 aromatic heterocycles. The highest BCUT2D eigenvalue weighted by atomic mass is 32.2. The highest BCUT2D eigenvalue weighted by Crippen LogP contribution is 2.30. The van der Waals surface area contributed by atoms with Crippen LogP contribution in [-0.4, -0.2) is 33.6 Å². The molecule has 1 heterocycles. The molecular formula is C23H22N2O5S. The van der Waals surface area contributed by atoms with Crippen LogP contribution in [0.25, 0.3) is 0 Å². The molecule has 2 N–H and O–H groups in total. The van der Waals surface area contributed by atoms with Crippen LogP contribution in [0.5, 0.6) is 11.5 Å². The van der Waals surface area contributed by atoms with Gasteiger partial charge in [-0.15, -0.1) is 0 Å². The molecule has 0 saturated heterocycles. The molecular weight excluding hydrogens is 416 g/mol. The number of amides is 1. The van der Waals surface area contributed by atoms with E-state index in [1.807, 2.05) is 31.2 Å². The largest absolute Gasteiger partial charge is 0.486 e. The number of para-hydroxylation sites is 2. The van der Waals surface area contributed by atoms with Crippen LogP contribution in [0.1, 0.15) is 15.9 Å². The van der Waals surface area contributed by atoms with Gasteiger partial charge in [-0.2, -0.15) is 0 Å². The normalized spacial score (nSPS) is 15.2. The van der Waals surface area contributed by atoms with E-state index in [1.165, 1.54) is 18.2 Å². The van der Waals surface area contributed by atoms with E-state index in [0.29, 0.717) is 23.8 Å². The van der Waals surface area contributed by atoms with Crippen molar-refractivity contribution in [2.45, 2.75) is 17.9 Å². The number of fused-ring (bicyclic) bond motifs is 1. The summed E-state index contributed by atoms with van der Waals surface area (Å²) in [5, 5.41) is 2.78. The maximum Gasteiger partial charge on any atom is 0.261 e. The number of hydrogen-bond donors (Lipinski definition) is 2. The Bertz CT molecular complexity index is 1210. The second kappa shape index (κ2) is 8.69. The van der Waals surface area contributed by atoms with Crippen molar-refractivity contribution in [1.82, 2.24) is 5.32 Å². The molecule has 0 aliphatic carbocycles. The first-order valence-corrected chi connectivity index (χ1v) is 11.3. The molecule has 0 fully saturated rings. The zero-order chi connectivity index (χ0) is 21.8. The summed E-state index contributed by atoms with van der Waals surface area (Å²) in [5.74, 6) is 0.905. The minimum Gasteiger partial charge on any atom is -0.486 e. The third kappa shape index (κ3) is 4.97. The summed E-state index contributed by atoms with van der Waals surface area (Å²) in [5.41, 5.74) is 1.64. The number of rotatable bonds is 6. The lowest BCUT2D eigenvalue weighted by molar-refractivity contribution is 0.0789. The van der Waals surface area contributed by atoms with Crippen molar-refractivity contribution in [3.63, 3.8) is 0 Å². The zero-order valence-electron chi connectivity index (χ0n) is 16.9. The van der Waals surface area contributed by atoms with Crippen LogP contribution in [0.2, 0.25) is 0 Å². The molecule has 8 heteroatoms. The van der Waals surface area contributed by atoms with Gasteiger partial charge < -0.3 is 14.8 Å².